The van der Waals surface area contributed by atoms with Gasteiger partial charge in [-0.2, -0.15) is 0 Å². The minimum Gasteiger partial charge on any atom is -1.00 e. The van der Waals surface area contributed by atoms with E-state index in [0.29, 0.717) is 23.7 Å². The summed E-state index contributed by atoms with van der Waals surface area (Å²) in [6.07, 6.45) is 1.91. The minimum absolute atomic E-state index is 0. The fourth-order valence-electron chi connectivity index (χ4n) is 6.12. The van der Waals surface area contributed by atoms with E-state index in [1.165, 1.54) is 44.8 Å². The molecule has 253 valence electrons. The van der Waals surface area contributed by atoms with Crippen molar-refractivity contribution in [3.8, 4) is 0 Å². The SMILES string of the molecule is Cc1cc(C(C)C)c(NC(C)CN(Cc2ccccn2)CC(C)Nc2c(C(C)C)cc(C)cc2C(C)C)c(C(C)C)c1.[Cl-].[Cl-].[Co+2]. The number of aromatic nitrogens is 1. The van der Waals surface area contributed by atoms with E-state index < -0.39 is 0 Å². The molecule has 0 bridgehead atoms. The first kappa shape index (κ1) is 43.2. The first-order valence-corrected chi connectivity index (χ1v) is 16.2. The molecule has 2 atom stereocenters. The molecule has 4 nitrogen and oxygen atoms in total. The van der Waals surface area contributed by atoms with Crippen LogP contribution in [0.4, 0.5) is 11.4 Å². The van der Waals surface area contributed by atoms with E-state index in [1.807, 2.05) is 12.3 Å². The van der Waals surface area contributed by atoms with Gasteiger partial charge < -0.3 is 35.4 Å². The summed E-state index contributed by atoms with van der Waals surface area (Å²) in [5.41, 5.74) is 12.1. The molecule has 0 fully saturated rings. The molecule has 0 aliphatic rings. The van der Waals surface area contributed by atoms with E-state index in [9.17, 15) is 0 Å². The number of hydrogen-bond donors (Lipinski definition) is 2. The van der Waals surface area contributed by atoms with Crippen molar-refractivity contribution in [1.29, 1.82) is 0 Å². The Hall–Kier alpha value is -1.76. The van der Waals surface area contributed by atoms with Crippen LogP contribution in [-0.2, 0) is 23.3 Å². The molecule has 1 aromatic heterocycles. The van der Waals surface area contributed by atoms with Crippen molar-refractivity contribution >= 4 is 11.4 Å². The number of anilines is 2. The van der Waals surface area contributed by atoms with Crippen molar-refractivity contribution in [1.82, 2.24) is 9.88 Å². The molecule has 0 aliphatic heterocycles. The largest absolute Gasteiger partial charge is 2.00 e. The van der Waals surface area contributed by atoms with Crippen LogP contribution in [0.15, 0.2) is 48.7 Å². The zero-order valence-electron chi connectivity index (χ0n) is 29.7. The van der Waals surface area contributed by atoms with Gasteiger partial charge in [0.15, 0.2) is 0 Å². The Bertz CT molecular complexity index is 1160. The zero-order valence-corrected chi connectivity index (χ0v) is 32.2. The van der Waals surface area contributed by atoms with Crippen LogP contribution in [0.5, 0.6) is 0 Å². The molecule has 1 heterocycles. The van der Waals surface area contributed by atoms with Gasteiger partial charge in [0.25, 0.3) is 0 Å². The molecule has 0 aliphatic carbocycles. The van der Waals surface area contributed by atoms with Gasteiger partial charge in [0.05, 0.1) is 5.69 Å². The molecule has 3 aromatic rings. The van der Waals surface area contributed by atoms with Crippen LogP contribution in [0, 0.1) is 13.8 Å². The van der Waals surface area contributed by atoms with Gasteiger partial charge in [0.2, 0.25) is 0 Å². The van der Waals surface area contributed by atoms with Crippen molar-refractivity contribution in [3.05, 3.63) is 87.7 Å². The second-order valence-corrected chi connectivity index (χ2v) is 13.9. The van der Waals surface area contributed by atoms with Crippen LogP contribution < -0.4 is 35.4 Å². The maximum Gasteiger partial charge on any atom is 2.00 e. The van der Waals surface area contributed by atoms with Crippen LogP contribution in [0.2, 0.25) is 0 Å². The molecule has 45 heavy (non-hydrogen) atoms. The maximum atomic E-state index is 4.69. The van der Waals surface area contributed by atoms with Crippen LogP contribution in [-0.4, -0.2) is 35.1 Å². The third-order valence-electron chi connectivity index (χ3n) is 8.13. The van der Waals surface area contributed by atoms with Crippen molar-refractivity contribution in [2.75, 3.05) is 23.7 Å². The van der Waals surface area contributed by atoms with E-state index in [1.54, 1.807) is 0 Å². The molecule has 1 radical (unpaired) electrons. The summed E-state index contributed by atoms with van der Waals surface area (Å²) in [5, 5.41) is 7.96. The maximum absolute atomic E-state index is 4.69. The van der Waals surface area contributed by atoms with Crippen LogP contribution in [0.25, 0.3) is 0 Å². The zero-order chi connectivity index (χ0) is 31.1. The quantitative estimate of drug-likeness (QED) is 0.267. The number of halogens is 2. The summed E-state index contributed by atoms with van der Waals surface area (Å²) < 4.78 is 0. The summed E-state index contributed by atoms with van der Waals surface area (Å²) >= 11 is 0. The average molecular weight is 701 g/mol. The number of rotatable bonds is 14. The second-order valence-electron chi connectivity index (χ2n) is 13.9. The van der Waals surface area contributed by atoms with Gasteiger partial charge in [-0.3, -0.25) is 9.88 Å². The fraction of sp³-hybridized carbons (Fsp3) is 0.553. The van der Waals surface area contributed by atoms with Crippen molar-refractivity contribution in [2.45, 2.75) is 125 Å². The molecule has 7 heteroatoms. The van der Waals surface area contributed by atoms with Gasteiger partial charge in [0, 0.05) is 49.3 Å². The van der Waals surface area contributed by atoms with Gasteiger partial charge in [-0.05, 0) is 85.8 Å². The van der Waals surface area contributed by atoms with Crippen molar-refractivity contribution in [3.63, 3.8) is 0 Å². The Morgan fingerprint density at radius 1 is 0.600 bits per heavy atom. The standard InChI is InChI=1S/C38H58N4.2ClH.Co/c1-24(2)33-17-28(9)18-34(25(3)4)37(33)40-30(11)21-42(23-32-15-13-14-16-39-32)22-31(12)41-38-35(26(5)6)19-29(10)20-36(38)27(7)8;;;/h13-20,24-27,30-31,40-41H,21-23H2,1-12H3;2*1H;/q;;;+2/p-2. The summed E-state index contributed by atoms with van der Waals surface area (Å²) in [6, 6.07) is 16.2. The Labute approximate surface area is 298 Å². The summed E-state index contributed by atoms with van der Waals surface area (Å²) in [7, 11) is 0. The third kappa shape index (κ3) is 12.4. The van der Waals surface area contributed by atoms with Gasteiger partial charge >= 0.3 is 16.8 Å². The van der Waals surface area contributed by atoms with E-state index in [4.69, 9.17) is 0 Å². The first-order chi connectivity index (χ1) is 19.8. The van der Waals surface area contributed by atoms with E-state index in [0.717, 1.165) is 25.3 Å². The summed E-state index contributed by atoms with van der Waals surface area (Å²) in [5.74, 6) is 1.85. The average Bonchev–Trinajstić information content (AvgIpc) is 2.90. The van der Waals surface area contributed by atoms with Gasteiger partial charge in [-0.15, -0.1) is 0 Å². The van der Waals surface area contributed by atoms with Gasteiger partial charge in [0.1, 0.15) is 0 Å². The number of pyridine rings is 1. The van der Waals surface area contributed by atoms with Crippen molar-refractivity contribution < 1.29 is 41.6 Å². The van der Waals surface area contributed by atoms with Crippen LogP contribution in [0.3, 0.4) is 0 Å². The summed E-state index contributed by atoms with van der Waals surface area (Å²) in [4.78, 5) is 7.25. The predicted molar refractivity (Wildman–Crippen MR) is 184 cm³/mol. The smallest absolute Gasteiger partial charge is 1.00 e. The Balaban J connectivity index is 0.00000645. The minimum atomic E-state index is 0. The van der Waals surface area contributed by atoms with E-state index in [2.05, 4.69) is 140 Å². The summed E-state index contributed by atoms with van der Waals surface area (Å²) in [6.45, 7) is 30.2. The molecule has 2 N–H and O–H groups in total. The Morgan fingerprint density at radius 2 is 0.956 bits per heavy atom. The second kappa shape index (κ2) is 19.8. The molecule has 0 spiro atoms. The molecule has 0 saturated heterocycles. The number of nitrogens with zero attached hydrogens (tertiary/aromatic N) is 2. The van der Waals surface area contributed by atoms with Crippen LogP contribution in [0.1, 0.15) is 132 Å². The number of aryl methyl sites for hydroxylation is 2. The fourth-order valence-corrected chi connectivity index (χ4v) is 6.12. The monoisotopic (exact) mass is 699 g/mol. The number of nitrogens with one attached hydrogen (secondary N) is 2. The molecule has 0 amide bonds. The Morgan fingerprint density at radius 3 is 1.24 bits per heavy atom. The van der Waals surface area contributed by atoms with Gasteiger partial charge in [-0.1, -0.05) is 96.8 Å². The Kier molecular flexibility index (Phi) is 19.0. The van der Waals surface area contributed by atoms with Crippen molar-refractivity contribution in [2.24, 2.45) is 0 Å². The number of benzene rings is 2. The molecular weight excluding hydrogens is 642 g/mol. The van der Waals surface area contributed by atoms with E-state index >= 15 is 0 Å². The van der Waals surface area contributed by atoms with Gasteiger partial charge in [-0.25, -0.2) is 0 Å². The molecule has 0 saturated carbocycles. The molecule has 3 rings (SSSR count). The first-order valence-electron chi connectivity index (χ1n) is 16.2. The molecule has 2 unspecified atom stereocenters. The predicted octanol–water partition coefficient (Wildman–Crippen LogP) is 4.00. The third-order valence-corrected chi connectivity index (χ3v) is 8.13. The molecular formula is C38H58Cl2CoN4. The topological polar surface area (TPSA) is 40.2 Å². The molecule has 2 aromatic carbocycles. The van der Waals surface area contributed by atoms with E-state index in [-0.39, 0.29) is 53.7 Å². The normalized spacial score (nSPS) is 12.6. The van der Waals surface area contributed by atoms with Crippen LogP contribution >= 0.6 is 0 Å². The number of hydrogen-bond acceptors (Lipinski definition) is 4.